The number of methoxy groups -OCH3 is 1. The monoisotopic (exact) mass is 394 g/mol. The second kappa shape index (κ2) is 8.53. The Morgan fingerprint density at radius 3 is 2.86 bits per heavy atom. The normalized spacial score (nSPS) is 10.6. The van der Waals surface area contributed by atoms with Crippen molar-refractivity contribution in [2.24, 2.45) is 5.10 Å². The van der Waals surface area contributed by atoms with Crippen LogP contribution >= 0.6 is 0 Å². The molecule has 0 unspecified atom stereocenters. The molecule has 1 N–H and O–H groups in total. The number of amides is 1. The Labute approximate surface area is 164 Å². The molecule has 0 bridgehead atoms. The van der Waals surface area contributed by atoms with Crippen LogP contribution in [-0.2, 0) is 0 Å². The van der Waals surface area contributed by atoms with Crippen molar-refractivity contribution >= 4 is 28.8 Å². The van der Waals surface area contributed by atoms with E-state index in [9.17, 15) is 14.9 Å². The average Bonchev–Trinajstić information content (AvgIpc) is 3.16. The largest absolute Gasteiger partial charge is 0.493 e. The summed E-state index contributed by atoms with van der Waals surface area (Å²) in [7, 11) is 1.46. The van der Waals surface area contributed by atoms with Gasteiger partial charge in [0.15, 0.2) is 23.9 Å². The van der Waals surface area contributed by atoms with E-state index in [4.69, 9.17) is 19.2 Å². The van der Waals surface area contributed by atoms with Gasteiger partial charge < -0.3 is 13.9 Å². The number of benzene rings is 2. The van der Waals surface area contributed by atoms with Gasteiger partial charge in [-0.2, -0.15) is 10.4 Å². The predicted octanol–water partition coefficient (Wildman–Crippen LogP) is 3.02. The average molecular weight is 394 g/mol. The summed E-state index contributed by atoms with van der Waals surface area (Å²) in [6.45, 7) is -0.111. The molecule has 0 saturated heterocycles. The fourth-order valence-corrected chi connectivity index (χ4v) is 2.47. The maximum atomic E-state index is 12.2. The first-order chi connectivity index (χ1) is 14.0. The van der Waals surface area contributed by atoms with Gasteiger partial charge in [0.25, 0.3) is 5.69 Å². The zero-order valence-electron chi connectivity index (χ0n) is 15.1. The third-order valence-electron chi connectivity index (χ3n) is 3.79. The fraction of sp³-hybridized carbons (Fsp3) is 0.105. The number of furan rings is 1. The van der Waals surface area contributed by atoms with E-state index >= 15 is 0 Å². The molecule has 0 aliphatic heterocycles. The number of nitrogens with one attached hydrogen (secondary N) is 1. The van der Waals surface area contributed by atoms with Crippen molar-refractivity contribution in [1.82, 2.24) is 5.43 Å². The minimum absolute atomic E-state index is 0.0320. The van der Waals surface area contributed by atoms with Crippen molar-refractivity contribution < 1.29 is 23.6 Å². The van der Waals surface area contributed by atoms with Crippen molar-refractivity contribution in [3.8, 4) is 17.6 Å². The molecule has 3 rings (SSSR count). The number of ether oxygens (including phenoxy) is 2. The molecular weight excluding hydrogens is 380 g/mol. The summed E-state index contributed by atoms with van der Waals surface area (Å²) in [6, 6.07) is 12.2. The predicted molar refractivity (Wildman–Crippen MR) is 102 cm³/mol. The van der Waals surface area contributed by atoms with Crippen LogP contribution in [0, 0.1) is 21.4 Å². The van der Waals surface area contributed by atoms with E-state index < -0.39 is 10.8 Å². The molecule has 0 radical (unpaired) electrons. The zero-order valence-corrected chi connectivity index (χ0v) is 15.1. The summed E-state index contributed by atoms with van der Waals surface area (Å²) in [5, 5.41) is 23.7. The summed E-state index contributed by atoms with van der Waals surface area (Å²) >= 11 is 0. The van der Waals surface area contributed by atoms with Crippen molar-refractivity contribution in [2.75, 3.05) is 13.7 Å². The number of nitrogens with zero attached hydrogens (tertiary/aromatic N) is 3. The first-order valence-electron chi connectivity index (χ1n) is 8.21. The number of nitro groups is 1. The van der Waals surface area contributed by atoms with Gasteiger partial charge in [-0.1, -0.05) is 0 Å². The lowest BCUT2D eigenvalue weighted by Crippen LogP contribution is -2.16. The minimum Gasteiger partial charge on any atom is -0.493 e. The maximum Gasteiger partial charge on any atom is 0.307 e. The summed E-state index contributed by atoms with van der Waals surface area (Å²) in [5.74, 6) is 0.178. The summed E-state index contributed by atoms with van der Waals surface area (Å²) in [4.78, 5) is 22.5. The first-order valence-corrected chi connectivity index (χ1v) is 8.21. The number of nitro benzene ring substituents is 1. The Bertz CT molecular complexity index is 1150. The fourth-order valence-electron chi connectivity index (χ4n) is 2.47. The number of rotatable bonds is 7. The molecule has 0 fully saturated rings. The Hall–Kier alpha value is -4.39. The van der Waals surface area contributed by atoms with Crippen LogP contribution in [0.2, 0.25) is 0 Å². The maximum absolute atomic E-state index is 12.2. The van der Waals surface area contributed by atoms with Crippen LogP contribution in [0.1, 0.15) is 16.1 Å². The highest BCUT2D eigenvalue weighted by molar-refractivity contribution is 5.97. The standard InChI is InChI=1S/C19H14N4O6/c1-27-17-8-12(2-4-16(17)28-7-6-20)11-21-22-19(24)18-10-13-9-14(23(25)26)3-5-15(13)29-18/h2-5,8-11H,7H2,1H3,(H,22,24)/b21-11+. The van der Waals surface area contributed by atoms with Crippen LogP contribution in [0.15, 0.2) is 52.0 Å². The number of carbonyl (C=O) groups excluding carboxylic acids is 1. The van der Waals surface area contributed by atoms with E-state index in [2.05, 4.69) is 10.5 Å². The molecule has 1 amide bonds. The number of hydrogen-bond donors (Lipinski definition) is 1. The highest BCUT2D eigenvalue weighted by Gasteiger charge is 2.14. The third kappa shape index (κ3) is 4.48. The lowest BCUT2D eigenvalue weighted by atomic mass is 10.2. The zero-order chi connectivity index (χ0) is 20.8. The van der Waals surface area contributed by atoms with E-state index in [0.29, 0.717) is 28.0 Å². The van der Waals surface area contributed by atoms with Gasteiger partial charge >= 0.3 is 5.91 Å². The van der Waals surface area contributed by atoms with Crippen molar-refractivity contribution in [1.29, 1.82) is 5.26 Å². The van der Waals surface area contributed by atoms with Crippen LogP contribution in [0.25, 0.3) is 11.0 Å². The third-order valence-corrected chi connectivity index (χ3v) is 3.79. The lowest BCUT2D eigenvalue weighted by Gasteiger charge is -2.08. The first kappa shape index (κ1) is 19.4. The Kier molecular flexibility index (Phi) is 5.70. The molecule has 146 valence electrons. The Balaban J connectivity index is 1.70. The molecule has 10 heteroatoms. The smallest absolute Gasteiger partial charge is 0.307 e. The molecule has 2 aromatic carbocycles. The van der Waals surface area contributed by atoms with Gasteiger partial charge in [0.2, 0.25) is 0 Å². The molecule has 1 heterocycles. The van der Waals surface area contributed by atoms with Gasteiger partial charge in [0.1, 0.15) is 11.7 Å². The quantitative estimate of drug-likeness (QED) is 0.369. The molecule has 0 aliphatic rings. The molecule has 3 aromatic rings. The second-order valence-corrected chi connectivity index (χ2v) is 5.65. The van der Waals surface area contributed by atoms with Gasteiger partial charge in [0, 0.05) is 17.5 Å². The van der Waals surface area contributed by atoms with Gasteiger partial charge in [-0.3, -0.25) is 14.9 Å². The topological polar surface area (TPSA) is 140 Å². The molecule has 29 heavy (non-hydrogen) atoms. The van der Waals surface area contributed by atoms with Crippen molar-refractivity contribution in [3.63, 3.8) is 0 Å². The van der Waals surface area contributed by atoms with Gasteiger partial charge in [-0.05, 0) is 35.9 Å². The highest BCUT2D eigenvalue weighted by atomic mass is 16.6. The number of fused-ring (bicyclic) bond motifs is 1. The summed E-state index contributed by atoms with van der Waals surface area (Å²) < 4.78 is 15.8. The lowest BCUT2D eigenvalue weighted by molar-refractivity contribution is -0.384. The molecule has 0 saturated carbocycles. The van der Waals surface area contributed by atoms with Crippen molar-refractivity contribution in [2.45, 2.75) is 0 Å². The summed E-state index contributed by atoms with van der Waals surface area (Å²) in [5.41, 5.74) is 3.19. The van der Waals surface area contributed by atoms with E-state index in [1.165, 1.54) is 37.6 Å². The number of non-ortho nitro benzene ring substituents is 1. The second-order valence-electron chi connectivity index (χ2n) is 5.65. The molecule has 0 aliphatic carbocycles. The van der Waals surface area contributed by atoms with E-state index in [1.807, 2.05) is 6.07 Å². The van der Waals surface area contributed by atoms with Crippen LogP contribution in [0.4, 0.5) is 5.69 Å². The van der Waals surface area contributed by atoms with Gasteiger partial charge in [0.05, 0.1) is 18.2 Å². The van der Waals surface area contributed by atoms with Crippen LogP contribution < -0.4 is 14.9 Å². The highest BCUT2D eigenvalue weighted by Crippen LogP contribution is 2.27. The Morgan fingerprint density at radius 1 is 1.31 bits per heavy atom. The number of hydrazone groups is 1. The van der Waals surface area contributed by atoms with E-state index in [-0.39, 0.29) is 18.1 Å². The molecule has 0 spiro atoms. The molecule has 1 aromatic heterocycles. The molecular formula is C19H14N4O6. The number of hydrogen-bond acceptors (Lipinski definition) is 8. The Morgan fingerprint density at radius 2 is 2.14 bits per heavy atom. The molecule has 0 atom stereocenters. The van der Waals surface area contributed by atoms with Crippen LogP contribution in [0.3, 0.4) is 0 Å². The van der Waals surface area contributed by atoms with Crippen LogP contribution in [0.5, 0.6) is 11.5 Å². The van der Waals surface area contributed by atoms with Crippen LogP contribution in [-0.4, -0.2) is 30.8 Å². The SMILES string of the molecule is COc1cc(/C=N/NC(=O)c2cc3cc([N+](=O)[O-])ccc3o2)ccc1OCC#N. The van der Waals surface area contributed by atoms with Gasteiger partial charge in [-0.15, -0.1) is 0 Å². The molecule has 10 nitrogen and oxygen atoms in total. The van der Waals surface area contributed by atoms with Gasteiger partial charge in [-0.25, -0.2) is 5.43 Å². The minimum atomic E-state index is -0.610. The van der Waals surface area contributed by atoms with E-state index in [1.54, 1.807) is 18.2 Å². The number of nitriles is 1. The van der Waals surface area contributed by atoms with Crippen molar-refractivity contribution in [3.05, 3.63) is 63.9 Å². The number of carbonyl (C=O) groups is 1. The summed E-state index contributed by atoms with van der Waals surface area (Å²) in [6.07, 6.45) is 1.39. The van der Waals surface area contributed by atoms with E-state index in [0.717, 1.165) is 0 Å².